The molecule has 12 aromatic rings. The van der Waals surface area contributed by atoms with Gasteiger partial charge in [0.05, 0.1) is 0 Å². The lowest BCUT2D eigenvalue weighted by Crippen LogP contribution is -2.01. The van der Waals surface area contributed by atoms with Crippen molar-refractivity contribution in [2.45, 2.75) is 0 Å². The number of benzene rings is 8. The third-order valence-corrected chi connectivity index (χ3v) is 12.0. The van der Waals surface area contributed by atoms with E-state index in [0.717, 1.165) is 82.3 Å². The van der Waals surface area contributed by atoms with Gasteiger partial charge in [-0.25, -0.2) is 15.0 Å². The summed E-state index contributed by atoms with van der Waals surface area (Å²) in [6, 6.07) is 56.6. The molecule has 0 radical (unpaired) electrons. The lowest BCUT2D eigenvalue weighted by Gasteiger charge is -2.14. The molecule has 0 unspecified atom stereocenters. The first-order valence-electron chi connectivity index (χ1n) is 18.3. The van der Waals surface area contributed by atoms with Crippen molar-refractivity contribution < 1.29 is 8.83 Å². The molecule has 0 aliphatic rings. The van der Waals surface area contributed by atoms with E-state index in [1.54, 1.807) is 0 Å². The van der Waals surface area contributed by atoms with E-state index >= 15 is 0 Å². The molecule has 0 amide bonds. The van der Waals surface area contributed by atoms with E-state index < -0.39 is 0 Å². The van der Waals surface area contributed by atoms with E-state index in [2.05, 4.69) is 97.1 Å². The third kappa shape index (κ3) is 4.55. The van der Waals surface area contributed by atoms with E-state index in [4.69, 9.17) is 23.8 Å². The molecule has 8 aromatic carbocycles. The maximum absolute atomic E-state index is 6.61. The van der Waals surface area contributed by atoms with Crippen LogP contribution in [0.25, 0.3) is 120 Å². The van der Waals surface area contributed by atoms with Crippen LogP contribution in [-0.4, -0.2) is 15.0 Å². The summed E-state index contributed by atoms with van der Waals surface area (Å²) < 4.78 is 15.3. The summed E-state index contributed by atoms with van der Waals surface area (Å²) in [4.78, 5) is 15.5. The molecule has 4 aromatic heterocycles. The van der Waals surface area contributed by atoms with Crippen LogP contribution in [0.5, 0.6) is 0 Å². The molecule has 4 heterocycles. The molecular formula is C49H27N3O2S. The van der Waals surface area contributed by atoms with Crippen LogP contribution in [0.3, 0.4) is 0 Å². The Morgan fingerprint density at radius 1 is 0.364 bits per heavy atom. The van der Waals surface area contributed by atoms with Crippen molar-refractivity contribution in [3.8, 4) is 45.3 Å². The fourth-order valence-electron chi connectivity index (χ4n) is 8.29. The van der Waals surface area contributed by atoms with Crippen LogP contribution in [0, 0.1) is 0 Å². The van der Waals surface area contributed by atoms with Crippen molar-refractivity contribution >= 4 is 86.2 Å². The van der Waals surface area contributed by atoms with Gasteiger partial charge in [0.2, 0.25) is 0 Å². The van der Waals surface area contributed by atoms with Crippen molar-refractivity contribution in [3.63, 3.8) is 0 Å². The van der Waals surface area contributed by atoms with Gasteiger partial charge in [0.15, 0.2) is 17.5 Å². The topological polar surface area (TPSA) is 65.0 Å². The number of aromatic nitrogens is 3. The van der Waals surface area contributed by atoms with Gasteiger partial charge < -0.3 is 8.83 Å². The van der Waals surface area contributed by atoms with Gasteiger partial charge in [-0.1, -0.05) is 127 Å². The van der Waals surface area contributed by atoms with Crippen LogP contribution in [0.4, 0.5) is 0 Å². The third-order valence-electron chi connectivity index (χ3n) is 10.8. The zero-order valence-corrected chi connectivity index (χ0v) is 30.0. The normalized spacial score (nSPS) is 12.0. The minimum absolute atomic E-state index is 0.596. The molecule has 0 aliphatic heterocycles. The molecule has 0 saturated heterocycles. The first-order chi connectivity index (χ1) is 27.3. The Labute approximate surface area is 317 Å². The molecule has 0 saturated carbocycles. The highest BCUT2D eigenvalue weighted by atomic mass is 32.1. The zero-order chi connectivity index (χ0) is 36.0. The molecular weight excluding hydrogens is 695 g/mol. The van der Waals surface area contributed by atoms with Gasteiger partial charge in [-0.2, -0.15) is 0 Å². The lowest BCUT2D eigenvalue weighted by molar-refractivity contribution is 0.669. The van der Waals surface area contributed by atoms with Gasteiger partial charge in [-0.15, -0.1) is 11.3 Å². The number of para-hydroxylation sites is 2. The highest BCUT2D eigenvalue weighted by Crippen LogP contribution is 2.48. The van der Waals surface area contributed by atoms with Gasteiger partial charge in [-0.05, 0) is 52.7 Å². The molecule has 0 bridgehead atoms. The molecule has 256 valence electrons. The van der Waals surface area contributed by atoms with Crippen LogP contribution >= 0.6 is 11.3 Å². The van der Waals surface area contributed by atoms with Crippen molar-refractivity contribution in [1.29, 1.82) is 0 Å². The maximum atomic E-state index is 6.61. The standard InChI is InChI=1S/C49H27N3O2S/c1-2-13-28(14-3-1)47-50-48(52-49(51-47)36-20-12-23-41-43(36)34-18-7-10-22-40(34)53-41)33-26-25-31(29-15-4-5-16-30(29)33)38-27-37-32-17-6-9-21-39(32)54-45(37)44-35-19-8-11-24-42(35)55-46(38)44/h1-27H. The largest absolute Gasteiger partial charge is 0.456 e. The fourth-order valence-corrected chi connectivity index (χ4v) is 9.52. The van der Waals surface area contributed by atoms with Gasteiger partial charge in [0, 0.05) is 64.0 Å². The molecule has 12 rings (SSSR count). The van der Waals surface area contributed by atoms with E-state index in [1.807, 2.05) is 78.1 Å². The number of rotatable bonds is 4. The summed E-state index contributed by atoms with van der Waals surface area (Å²) in [6.07, 6.45) is 0. The number of thiophene rings is 1. The second-order valence-electron chi connectivity index (χ2n) is 13.9. The van der Waals surface area contributed by atoms with Crippen LogP contribution in [0.1, 0.15) is 0 Å². The highest BCUT2D eigenvalue weighted by molar-refractivity contribution is 7.26. The zero-order valence-electron chi connectivity index (χ0n) is 29.2. The number of hydrogen-bond donors (Lipinski definition) is 0. The Kier molecular flexibility index (Phi) is 6.44. The summed E-state index contributed by atoms with van der Waals surface area (Å²) in [5, 5.41) is 8.80. The lowest BCUT2D eigenvalue weighted by atomic mass is 9.92. The first-order valence-corrected chi connectivity index (χ1v) is 19.1. The quantitative estimate of drug-likeness (QED) is 0.181. The maximum Gasteiger partial charge on any atom is 0.164 e. The minimum Gasteiger partial charge on any atom is -0.456 e. The molecule has 0 fully saturated rings. The monoisotopic (exact) mass is 721 g/mol. The predicted molar refractivity (Wildman–Crippen MR) is 227 cm³/mol. The van der Waals surface area contributed by atoms with Crippen molar-refractivity contribution in [3.05, 3.63) is 164 Å². The van der Waals surface area contributed by atoms with Crippen LogP contribution in [0.15, 0.2) is 173 Å². The minimum atomic E-state index is 0.596. The molecule has 0 N–H and O–H groups in total. The summed E-state index contributed by atoms with van der Waals surface area (Å²) >= 11 is 1.82. The average molecular weight is 722 g/mol. The number of nitrogens with zero attached hydrogens (tertiary/aromatic N) is 3. The van der Waals surface area contributed by atoms with Crippen molar-refractivity contribution in [2.24, 2.45) is 0 Å². The van der Waals surface area contributed by atoms with E-state index in [1.165, 1.54) is 20.3 Å². The molecule has 0 spiro atoms. The second-order valence-corrected chi connectivity index (χ2v) is 14.9. The van der Waals surface area contributed by atoms with Crippen molar-refractivity contribution in [1.82, 2.24) is 15.0 Å². The molecule has 0 aliphatic carbocycles. The number of hydrogen-bond acceptors (Lipinski definition) is 6. The summed E-state index contributed by atoms with van der Waals surface area (Å²) in [6.45, 7) is 0. The highest BCUT2D eigenvalue weighted by Gasteiger charge is 2.23. The number of fused-ring (bicyclic) bond motifs is 11. The van der Waals surface area contributed by atoms with Crippen molar-refractivity contribution in [2.75, 3.05) is 0 Å². The van der Waals surface area contributed by atoms with Gasteiger partial charge in [-0.3, -0.25) is 0 Å². The Bertz CT molecular complexity index is 3510. The van der Waals surface area contributed by atoms with E-state index in [-0.39, 0.29) is 0 Å². The predicted octanol–water partition coefficient (Wildman–Crippen LogP) is 13.9. The Hall–Kier alpha value is -7.15. The van der Waals surface area contributed by atoms with Gasteiger partial charge >= 0.3 is 0 Å². The Balaban J connectivity index is 1.13. The molecule has 0 atom stereocenters. The Morgan fingerprint density at radius 3 is 1.78 bits per heavy atom. The summed E-state index contributed by atoms with van der Waals surface area (Å²) in [5.41, 5.74) is 8.54. The van der Waals surface area contributed by atoms with E-state index in [0.29, 0.717) is 17.5 Å². The first kappa shape index (κ1) is 30.3. The smallest absolute Gasteiger partial charge is 0.164 e. The van der Waals surface area contributed by atoms with Crippen LogP contribution < -0.4 is 0 Å². The van der Waals surface area contributed by atoms with E-state index in [9.17, 15) is 0 Å². The molecule has 5 nitrogen and oxygen atoms in total. The summed E-state index contributed by atoms with van der Waals surface area (Å²) in [5.74, 6) is 1.82. The molecule has 6 heteroatoms. The fraction of sp³-hybridized carbons (Fsp3) is 0. The molecule has 55 heavy (non-hydrogen) atoms. The van der Waals surface area contributed by atoms with Gasteiger partial charge in [0.1, 0.15) is 22.3 Å². The van der Waals surface area contributed by atoms with Crippen LogP contribution in [-0.2, 0) is 0 Å². The SMILES string of the molecule is c1ccc(-c2nc(-c3ccc(-c4cc5c6ccccc6oc5c5c4sc4ccccc45)c4ccccc34)nc(-c3cccc4oc5ccccc5c34)n2)cc1. The van der Waals surface area contributed by atoms with Crippen LogP contribution in [0.2, 0.25) is 0 Å². The average Bonchev–Trinajstić information content (AvgIpc) is 3.95. The summed E-state index contributed by atoms with van der Waals surface area (Å²) in [7, 11) is 0. The number of furan rings is 2. The second kappa shape index (κ2) is 11.7. The van der Waals surface area contributed by atoms with Gasteiger partial charge in [0.25, 0.3) is 0 Å². The Morgan fingerprint density at radius 2 is 0.964 bits per heavy atom.